The number of hydrogen-bond donors (Lipinski definition) is 1. The van der Waals surface area contributed by atoms with E-state index in [4.69, 9.17) is 0 Å². The number of rotatable bonds is 4. The van der Waals surface area contributed by atoms with Crippen LogP contribution in [0.15, 0.2) is 12.5 Å². The molecule has 0 saturated heterocycles. The second kappa shape index (κ2) is 4.87. The molecule has 0 amide bonds. The van der Waals surface area contributed by atoms with E-state index in [1.54, 1.807) is 13.3 Å². The summed E-state index contributed by atoms with van der Waals surface area (Å²) in [6.45, 7) is 1.74. The molecule has 98 valence electrons. The molecular weight excluding hydrogens is 224 g/mol. The Bertz CT molecular complexity index is 412. The van der Waals surface area contributed by atoms with Crippen LogP contribution in [0.3, 0.4) is 0 Å². The molecule has 0 aromatic carbocycles. The average molecular weight is 246 g/mol. The van der Waals surface area contributed by atoms with Gasteiger partial charge >= 0.3 is 0 Å². The van der Waals surface area contributed by atoms with Gasteiger partial charge in [0.05, 0.1) is 6.33 Å². The maximum Gasteiger partial charge on any atom is 0.130 e. The summed E-state index contributed by atoms with van der Waals surface area (Å²) in [6.07, 6.45) is 11.1. The first-order valence-corrected chi connectivity index (χ1v) is 7.23. The summed E-state index contributed by atoms with van der Waals surface area (Å²) in [7, 11) is 0. The monoisotopic (exact) mass is 246 g/mol. The van der Waals surface area contributed by atoms with E-state index >= 15 is 0 Å². The minimum absolute atomic E-state index is 0.366. The van der Waals surface area contributed by atoms with Crippen molar-refractivity contribution in [2.75, 3.05) is 0 Å². The van der Waals surface area contributed by atoms with Crippen molar-refractivity contribution in [2.24, 2.45) is 17.8 Å². The van der Waals surface area contributed by atoms with E-state index < -0.39 is 0 Å². The molecule has 3 heteroatoms. The zero-order chi connectivity index (χ0) is 12.5. The van der Waals surface area contributed by atoms with E-state index in [0.717, 1.165) is 18.3 Å². The molecule has 1 N–H and O–H groups in total. The van der Waals surface area contributed by atoms with Gasteiger partial charge in [0.15, 0.2) is 0 Å². The van der Waals surface area contributed by atoms with E-state index in [1.165, 1.54) is 37.8 Å². The Labute approximate surface area is 108 Å². The van der Waals surface area contributed by atoms with Gasteiger partial charge in [-0.1, -0.05) is 12.8 Å². The minimum Gasteiger partial charge on any atom is -0.348 e. The Morgan fingerprint density at radius 1 is 1.39 bits per heavy atom. The van der Waals surface area contributed by atoms with Crippen LogP contribution in [0, 0.1) is 17.8 Å². The number of imidazole rings is 1. The van der Waals surface area contributed by atoms with Crippen molar-refractivity contribution in [3.8, 4) is 0 Å². The van der Waals surface area contributed by atoms with Crippen LogP contribution in [0.1, 0.15) is 57.1 Å². The summed E-state index contributed by atoms with van der Waals surface area (Å²) in [4.78, 5) is 18.8. The summed E-state index contributed by atoms with van der Waals surface area (Å²) < 4.78 is 0. The minimum atomic E-state index is 0.366. The maximum absolute atomic E-state index is 11.4. The lowest BCUT2D eigenvalue weighted by Crippen LogP contribution is -2.23. The molecule has 2 aliphatic rings. The number of aromatic amines is 1. The normalized spacial score (nSPS) is 35.4. The van der Waals surface area contributed by atoms with Crippen LogP contribution in [0.25, 0.3) is 0 Å². The van der Waals surface area contributed by atoms with Gasteiger partial charge in [-0.3, -0.25) is 0 Å². The van der Waals surface area contributed by atoms with Crippen molar-refractivity contribution in [1.29, 1.82) is 0 Å². The van der Waals surface area contributed by atoms with Gasteiger partial charge in [0.25, 0.3) is 0 Å². The van der Waals surface area contributed by atoms with Crippen molar-refractivity contribution in [2.45, 2.75) is 51.4 Å². The van der Waals surface area contributed by atoms with Gasteiger partial charge in [-0.05, 0) is 43.9 Å². The maximum atomic E-state index is 11.4. The SMILES string of the molecule is CC(=O)CC1CCCC[C@@H]1[C@H]1C[C@@H]1c1cnc[nH]1. The van der Waals surface area contributed by atoms with E-state index in [0.29, 0.717) is 17.6 Å². The van der Waals surface area contributed by atoms with Crippen molar-refractivity contribution in [3.05, 3.63) is 18.2 Å². The van der Waals surface area contributed by atoms with Crippen molar-refractivity contribution in [1.82, 2.24) is 9.97 Å². The molecule has 0 radical (unpaired) electrons. The molecule has 2 fully saturated rings. The Morgan fingerprint density at radius 2 is 2.22 bits per heavy atom. The number of ketones is 1. The Kier molecular flexibility index (Phi) is 3.23. The standard InChI is InChI=1S/C15H22N2O/c1-10(18)6-11-4-2-3-5-12(11)13-7-14(13)15-8-16-9-17-15/h8-9,11-14H,2-7H2,1H3,(H,16,17)/t11?,12-,13+,14-/m0/s1. The van der Waals surface area contributed by atoms with Crippen LogP contribution in [0.2, 0.25) is 0 Å². The van der Waals surface area contributed by atoms with E-state index in [1.807, 2.05) is 6.20 Å². The van der Waals surface area contributed by atoms with Gasteiger partial charge in [0.2, 0.25) is 0 Å². The van der Waals surface area contributed by atoms with Gasteiger partial charge in [0, 0.05) is 24.2 Å². The molecule has 18 heavy (non-hydrogen) atoms. The molecule has 4 atom stereocenters. The van der Waals surface area contributed by atoms with E-state index in [2.05, 4.69) is 9.97 Å². The Morgan fingerprint density at radius 3 is 2.94 bits per heavy atom. The lowest BCUT2D eigenvalue weighted by molar-refractivity contribution is -0.118. The third kappa shape index (κ3) is 2.36. The number of carbonyl (C=O) groups excluding carboxylic acids is 1. The van der Waals surface area contributed by atoms with E-state index in [9.17, 15) is 4.79 Å². The Hall–Kier alpha value is -1.12. The summed E-state index contributed by atoms with van der Waals surface area (Å²) in [5.41, 5.74) is 1.30. The fourth-order valence-corrected chi connectivity index (χ4v) is 3.94. The van der Waals surface area contributed by atoms with Crippen molar-refractivity contribution in [3.63, 3.8) is 0 Å². The average Bonchev–Trinajstić information content (AvgIpc) is 2.95. The van der Waals surface area contributed by atoms with Crippen LogP contribution in [0.4, 0.5) is 0 Å². The molecule has 1 aromatic heterocycles. The van der Waals surface area contributed by atoms with Gasteiger partial charge in [-0.2, -0.15) is 0 Å². The number of Topliss-reactive ketones (excluding diaryl/α,β-unsaturated/α-hetero) is 1. The fraction of sp³-hybridized carbons (Fsp3) is 0.733. The lowest BCUT2D eigenvalue weighted by Gasteiger charge is -2.31. The van der Waals surface area contributed by atoms with E-state index in [-0.39, 0.29) is 0 Å². The first kappa shape index (κ1) is 11.9. The molecule has 3 rings (SSSR count). The number of nitrogens with zero attached hydrogens (tertiary/aromatic N) is 1. The quantitative estimate of drug-likeness (QED) is 0.886. The topological polar surface area (TPSA) is 45.8 Å². The second-order valence-electron chi connectivity index (χ2n) is 6.13. The predicted octanol–water partition coefficient (Wildman–Crippen LogP) is 3.30. The number of H-pyrrole nitrogens is 1. The zero-order valence-electron chi connectivity index (χ0n) is 11.1. The van der Waals surface area contributed by atoms with Gasteiger partial charge in [0.1, 0.15) is 5.78 Å². The number of carbonyl (C=O) groups is 1. The Balaban J connectivity index is 1.65. The van der Waals surface area contributed by atoms with Gasteiger partial charge < -0.3 is 9.78 Å². The number of nitrogens with one attached hydrogen (secondary N) is 1. The fourth-order valence-electron chi connectivity index (χ4n) is 3.94. The molecule has 0 bridgehead atoms. The van der Waals surface area contributed by atoms with Crippen LogP contribution < -0.4 is 0 Å². The zero-order valence-corrected chi connectivity index (χ0v) is 11.1. The molecular formula is C15H22N2O. The smallest absolute Gasteiger partial charge is 0.130 e. The van der Waals surface area contributed by atoms with Crippen molar-refractivity contribution >= 4 is 5.78 Å². The lowest BCUT2D eigenvalue weighted by atomic mass is 9.74. The largest absolute Gasteiger partial charge is 0.348 e. The summed E-state index contributed by atoms with van der Waals surface area (Å²) in [5.74, 6) is 3.27. The molecule has 0 spiro atoms. The summed E-state index contributed by atoms with van der Waals surface area (Å²) >= 11 is 0. The summed E-state index contributed by atoms with van der Waals surface area (Å²) in [6, 6.07) is 0. The van der Waals surface area contributed by atoms with Crippen LogP contribution in [-0.2, 0) is 4.79 Å². The highest BCUT2D eigenvalue weighted by atomic mass is 16.1. The molecule has 0 aliphatic heterocycles. The van der Waals surface area contributed by atoms with Gasteiger partial charge in [-0.25, -0.2) is 4.98 Å². The highest BCUT2D eigenvalue weighted by Gasteiger charge is 2.47. The molecule has 1 heterocycles. The molecule has 1 unspecified atom stereocenters. The highest BCUT2D eigenvalue weighted by Crippen LogP contribution is 2.56. The van der Waals surface area contributed by atoms with Gasteiger partial charge in [-0.15, -0.1) is 0 Å². The third-order valence-electron chi connectivity index (χ3n) is 4.83. The summed E-state index contributed by atoms with van der Waals surface area (Å²) in [5, 5.41) is 0. The predicted molar refractivity (Wildman–Crippen MR) is 70.2 cm³/mol. The molecule has 2 saturated carbocycles. The van der Waals surface area contributed by atoms with Crippen LogP contribution in [0.5, 0.6) is 0 Å². The molecule has 3 nitrogen and oxygen atoms in total. The third-order valence-corrected chi connectivity index (χ3v) is 4.83. The second-order valence-corrected chi connectivity index (χ2v) is 6.13. The first-order valence-electron chi connectivity index (χ1n) is 7.23. The van der Waals surface area contributed by atoms with Crippen LogP contribution >= 0.6 is 0 Å². The number of aromatic nitrogens is 2. The number of hydrogen-bond acceptors (Lipinski definition) is 2. The van der Waals surface area contributed by atoms with Crippen molar-refractivity contribution < 1.29 is 4.79 Å². The first-order chi connectivity index (χ1) is 8.75. The molecule has 2 aliphatic carbocycles. The van der Waals surface area contributed by atoms with Crippen LogP contribution in [-0.4, -0.2) is 15.8 Å². The molecule has 1 aromatic rings. The highest BCUT2D eigenvalue weighted by molar-refractivity contribution is 5.75.